The minimum atomic E-state index is 0. The molecule has 0 spiro atoms. The molecule has 8 heteroatoms. The number of hydrogen-bond donors (Lipinski definition) is 2. The fourth-order valence-corrected chi connectivity index (χ4v) is 4.28. The first kappa shape index (κ1) is 23.2. The summed E-state index contributed by atoms with van der Waals surface area (Å²) in [5.41, 5.74) is 4.97. The molecule has 3 aliphatic heterocycles. The Morgan fingerprint density at radius 2 is 1.00 bits per heavy atom. The van der Waals surface area contributed by atoms with Crippen molar-refractivity contribution in [2.45, 2.75) is 6.42 Å². The van der Waals surface area contributed by atoms with Crippen molar-refractivity contribution in [3.8, 4) is 0 Å². The number of benzene rings is 2. The van der Waals surface area contributed by atoms with Crippen LogP contribution in [0.1, 0.15) is 17.5 Å². The molecule has 166 valence electrons. The van der Waals surface area contributed by atoms with Crippen molar-refractivity contribution in [2.24, 2.45) is 9.98 Å². The van der Waals surface area contributed by atoms with E-state index in [0.717, 1.165) is 70.5 Å². The summed E-state index contributed by atoms with van der Waals surface area (Å²) in [6, 6.07) is 17.7. The fourth-order valence-electron chi connectivity index (χ4n) is 4.28. The maximum absolute atomic E-state index is 4.51. The van der Waals surface area contributed by atoms with Crippen LogP contribution in [0.5, 0.6) is 0 Å². The van der Waals surface area contributed by atoms with E-state index in [1.165, 1.54) is 22.5 Å². The minimum Gasteiger partial charge on any atom is -0.370 e. The number of halogens is 2. The lowest BCUT2D eigenvalue weighted by atomic mass is 10.1. The van der Waals surface area contributed by atoms with Gasteiger partial charge in [-0.05, 0) is 55.0 Å². The molecule has 0 unspecified atom stereocenters. The maximum atomic E-state index is 4.51. The molecular weight excluding hydrogens is 431 g/mol. The molecule has 5 rings (SSSR count). The Bertz CT molecular complexity index is 835. The van der Waals surface area contributed by atoms with Crippen LogP contribution in [0.4, 0.5) is 11.4 Å². The number of anilines is 2. The van der Waals surface area contributed by atoms with E-state index in [4.69, 9.17) is 0 Å². The second kappa shape index (κ2) is 10.7. The number of hydrogen-bond acceptors (Lipinski definition) is 6. The molecule has 2 N–H and O–H groups in total. The second-order valence-corrected chi connectivity index (χ2v) is 7.74. The van der Waals surface area contributed by atoms with Crippen molar-refractivity contribution >= 4 is 47.9 Å². The van der Waals surface area contributed by atoms with Gasteiger partial charge in [0.05, 0.1) is 13.1 Å². The quantitative estimate of drug-likeness (QED) is 0.736. The summed E-state index contributed by atoms with van der Waals surface area (Å²) in [5, 5.41) is 6.69. The van der Waals surface area contributed by atoms with Crippen LogP contribution in [0.2, 0.25) is 0 Å². The molecule has 0 aliphatic carbocycles. The highest BCUT2D eigenvalue weighted by Gasteiger charge is 2.17. The summed E-state index contributed by atoms with van der Waals surface area (Å²) >= 11 is 0. The first-order chi connectivity index (χ1) is 14.4. The molecule has 1 saturated heterocycles. The van der Waals surface area contributed by atoms with Gasteiger partial charge in [0.15, 0.2) is 0 Å². The lowest BCUT2D eigenvalue weighted by Crippen LogP contribution is -2.30. The van der Waals surface area contributed by atoms with Crippen LogP contribution < -0.4 is 20.4 Å². The van der Waals surface area contributed by atoms with Crippen molar-refractivity contribution in [1.29, 1.82) is 0 Å². The Kier molecular flexibility index (Phi) is 8.04. The SMILES string of the molecule is Cl.Cl.c1cc(N2CCCN(c3ccc(C4=NCCN4)cc3)CC2)ccc1C1=NCCN1. The third kappa shape index (κ3) is 5.25. The minimum absolute atomic E-state index is 0. The smallest absolute Gasteiger partial charge is 0.128 e. The molecule has 2 aromatic rings. The van der Waals surface area contributed by atoms with E-state index < -0.39 is 0 Å². The molecule has 1 fully saturated rings. The zero-order chi connectivity index (χ0) is 19.5. The van der Waals surface area contributed by atoms with E-state index in [2.05, 4.69) is 78.9 Å². The van der Waals surface area contributed by atoms with Crippen LogP contribution in [-0.4, -0.2) is 64.0 Å². The van der Waals surface area contributed by atoms with E-state index in [1.54, 1.807) is 0 Å². The average molecular weight is 461 g/mol. The highest BCUT2D eigenvalue weighted by molar-refractivity contribution is 6.00. The Balaban J connectivity index is 0.00000136. The average Bonchev–Trinajstić information content (AvgIpc) is 3.45. The largest absolute Gasteiger partial charge is 0.370 e. The van der Waals surface area contributed by atoms with Gasteiger partial charge in [0, 0.05) is 61.8 Å². The van der Waals surface area contributed by atoms with Crippen LogP contribution in [0.3, 0.4) is 0 Å². The summed E-state index contributed by atoms with van der Waals surface area (Å²) in [6.07, 6.45) is 1.16. The molecule has 0 saturated carbocycles. The van der Waals surface area contributed by atoms with Gasteiger partial charge < -0.3 is 20.4 Å². The Labute approximate surface area is 196 Å². The van der Waals surface area contributed by atoms with Crippen LogP contribution in [0.25, 0.3) is 0 Å². The zero-order valence-corrected chi connectivity index (χ0v) is 19.2. The summed E-state index contributed by atoms with van der Waals surface area (Å²) < 4.78 is 0. The van der Waals surface area contributed by atoms with Crippen LogP contribution in [0, 0.1) is 0 Å². The number of amidine groups is 2. The highest BCUT2D eigenvalue weighted by atomic mass is 35.5. The van der Waals surface area contributed by atoms with E-state index in [-0.39, 0.29) is 24.8 Å². The van der Waals surface area contributed by atoms with E-state index in [1.807, 2.05) is 0 Å². The van der Waals surface area contributed by atoms with Crippen molar-refractivity contribution in [3.05, 3.63) is 59.7 Å². The third-order valence-corrected chi connectivity index (χ3v) is 5.86. The number of aliphatic imine (C=N–C) groups is 2. The predicted octanol–water partition coefficient (Wildman–Crippen LogP) is 2.95. The maximum Gasteiger partial charge on any atom is 0.128 e. The molecule has 31 heavy (non-hydrogen) atoms. The lowest BCUT2D eigenvalue weighted by Gasteiger charge is -2.25. The van der Waals surface area contributed by atoms with Gasteiger partial charge in [0.2, 0.25) is 0 Å². The van der Waals surface area contributed by atoms with Gasteiger partial charge in [-0.1, -0.05) is 0 Å². The molecule has 0 atom stereocenters. The fraction of sp³-hybridized carbons (Fsp3) is 0.391. The first-order valence-electron chi connectivity index (χ1n) is 10.6. The van der Waals surface area contributed by atoms with Crippen molar-refractivity contribution in [2.75, 3.05) is 62.2 Å². The molecular formula is C23H30Cl2N6. The van der Waals surface area contributed by atoms with Gasteiger partial charge in [-0.3, -0.25) is 9.98 Å². The summed E-state index contributed by atoms with van der Waals surface area (Å²) in [5.74, 6) is 2.06. The standard InChI is InChI=1S/C23H28N6.2ClH/c1-14-28(20-6-2-18(3-7-20)22-24-10-11-25-22)16-17-29(15-1)21-8-4-19(5-9-21)23-26-12-13-27-23;;/h2-9H,1,10-17H2,(H,24,25)(H,26,27);2*1H. The molecule has 3 aliphatic rings. The lowest BCUT2D eigenvalue weighted by molar-refractivity contribution is 0.806. The zero-order valence-electron chi connectivity index (χ0n) is 17.6. The molecule has 0 radical (unpaired) electrons. The summed E-state index contributed by atoms with van der Waals surface area (Å²) in [4.78, 5) is 14.0. The molecule has 0 bridgehead atoms. The van der Waals surface area contributed by atoms with Gasteiger partial charge >= 0.3 is 0 Å². The van der Waals surface area contributed by atoms with Gasteiger partial charge in [-0.15, -0.1) is 24.8 Å². The normalized spacial score (nSPS) is 18.1. The second-order valence-electron chi connectivity index (χ2n) is 7.74. The van der Waals surface area contributed by atoms with Gasteiger partial charge in [0.1, 0.15) is 11.7 Å². The molecule has 2 aromatic carbocycles. The Hall–Kier alpha value is -2.44. The Morgan fingerprint density at radius 1 is 0.581 bits per heavy atom. The van der Waals surface area contributed by atoms with Crippen LogP contribution in [0.15, 0.2) is 58.5 Å². The van der Waals surface area contributed by atoms with E-state index in [9.17, 15) is 0 Å². The number of rotatable bonds is 4. The molecule has 3 heterocycles. The molecule has 0 aromatic heterocycles. The van der Waals surface area contributed by atoms with Gasteiger partial charge in [-0.2, -0.15) is 0 Å². The number of nitrogens with one attached hydrogen (secondary N) is 2. The van der Waals surface area contributed by atoms with Crippen LogP contribution >= 0.6 is 24.8 Å². The monoisotopic (exact) mass is 460 g/mol. The predicted molar refractivity (Wildman–Crippen MR) is 135 cm³/mol. The van der Waals surface area contributed by atoms with Crippen molar-refractivity contribution in [3.63, 3.8) is 0 Å². The van der Waals surface area contributed by atoms with E-state index in [0.29, 0.717) is 0 Å². The highest BCUT2D eigenvalue weighted by Crippen LogP contribution is 2.22. The summed E-state index contributed by atoms with van der Waals surface area (Å²) in [6.45, 7) is 7.91. The van der Waals surface area contributed by atoms with E-state index >= 15 is 0 Å². The topological polar surface area (TPSA) is 55.3 Å². The summed E-state index contributed by atoms with van der Waals surface area (Å²) in [7, 11) is 0. The van der Waals surface area contributed by atoms with Crippen molar-refractivity contribution in [1.82, 2.24) is 10.6 Å². The van der Waals surface area contributed by atoms with Crippen molar-refractivity contribution < 1.29 is 0 Å². The first-order valence-corrected chi connectivity index (χ1v) is 10.6. The van der Waals surface area contributed by atoms with Crippen LogP contribution in [-0.2, 0) is 0 Å². The molecule has 0 amide bonds. The van der Waals surface area contributed by atoms with Gasteiger partial charge in [0.25, 0.3) is 0 Å². The molecule has 6 nitrogen and oxygen atoms in total. The van der Waals surface area contributed by atoms with Gasteiger partial charge in [-0.25, -0.2) is 0 Å². The Morgan fingerprint density at radius 3 is 1.35 bits per heavy atom. The third-order valence-electron chi connectivity index (χ3n) is 5.86. The number of nitrogens with zero attached hydrogens (tertiary/aromatic N) is 4.